The lowest BCUT2D eigenvalue weighted by Gasteiger charge is -2.13. The largest absolute Gasteiger partial charge is 0.460 e. The molecule has 0 aromatic rings. The monoisotopic (exact) mass is 327 g/mol. The number of carbonyl (C=O) groups is 3. The second kappa shape index (κ2) is 11.5. The molecule has 8 heteroatoms. The Morgan fingerprint density at radius 3 is 1.91 bits per heavy atom. The van der Waals surface area contributed by atoms with Crippen LogP contribution in [0.1, 0.15) is 0 Å². The Balaban J connectivity index is 1.81. The Hall–Kier alpha value is -2.03. The maximum absolute atomic E-state index is 11.2. The predicted octanol–water partition coefficient (Wildman–Crippen LogP) is -0.310. The van der Waals surface area contributed by atoms with Crippen molar-refractivity contribution in [3.8, 4) is 0 Å². The molecule has 1 aliphatic heterocycles. The lowest BCUT2D eigenvalue weighted by molar-refractivity contribution is -0.139. The van der Waals surface area contributed by atoms with Crippen molar-refractivity contribution in [3.05, 3.63) is 24.8 Å². The van der Waals surface area contributed by atoms with Crippen molar-refractivity contribution in [2.75, 3.05) is 52.8 Å². The van der Waals surface area contributed by atoms with Crippen molar-refractivity contribution in [2.24, 2.45) is 0 Å². The Kier molecular flexibility index (Phi) is 9.53. The molecule has 0 spiro atoms. The van der Waals surface area contributed by atoms with Crippen molar-refractivity contribution in [3.63, 3.8) is 0 Å². The molecule has 8 nitrogen and oxygen atoms in total. The SMILES string of the molecule is C=CC(=O)OCCOCCOCCOCCN1C(=O)C=CC1=O. The Morgan fingerprint density at radius 2 is 1.39 bits per heavy atom. The molecule has 2 amide bonds. The van der Waals surface area contributed by atoms with E-state index in [2.05, 4.69) is 6.58 Å². The number of ether oxygens (including phenoxy) is 4. The van der Waals surface area contributed by atoms with Gasteiger partial charge in [0.1, 0.15) is 6.61 Å². The normalized spacial score (nSPS) is 13.7. The van der Waals surface area contributed by atoms with E-state index in [1.165, 1.54) is 12.2 Å². The summed E-state index contributed by atoms with van der Waals surface area (Å²) < 4.78 is 20.4. The highest BCUT2D eigenvalue weighted by Crippen LogP contribution is 2.02. The van der Waals surface area contributed by atoms with Crippen molar-refractivity contribution in [1.82, 2.24) is 4.90 Å². The van der Waals surface area contributed by atoms with Crippen molar-refractivity contribution >= 4 is 17.8 Å². The van der Waals surface area contributed by atoms with Gasteiger partial charge in [0.2, 0.25) is 0 Å². The van der Waals surface area contributed by atoms with Gasteiger partial charge in [0.05, 0.1) is 46.2 Å². The van der Waals surface area contributed by atoms with Crippen LogP contribution in [0, 0.1) is 0 Å². The molecule has 1 aliphatic rings. The first-order valence-electron chi connectivity index (χ1n) is 7.21. The van der Waals surface area contributed by atoms with Crippen LogP contribution >= 0.6 is 0 Å². The molecule has 1 heterocycles. The van der Waals surface area contributed by atoms with Gasteiger partial charge in [-0.1, -0.05) is 6.58 Å². The standard InChI is InChI=1S/C15H21NO7/c1-2-15(19)23-12-11-22-10-9-21-8-7-20-6-5-16-13(17)3-4-14(16)18/h2-4H,1,5-12H2. The second-order valence-electron chi connectivity index (χ2n) is 4.37. The smallest absolute Gasteiger partial charge is 0.330 e. The molecule has 128 valence electrons. The summed E-state index contributed by atoms with van der Waals surface area (Å²) in [5, 5.41) is 0. The molecule has 0 radical (unpaired) electrons. The minimum absolute atomic E-state index is 0.177. The fraction of sp³-hybridized carbons (Fsp3) is 0.533. The van der Waals surface area contributed by atoms with Gasteiger partial charge in [0.25, 0.3) is 11.8 Å². The van der Waals surface area contributed by atoms with E-state index < -0.39 is 5.97 Å². The quantitative estimate of drug-likeness (QED) is 0.198. The van der Waals surface area contributed by atoms with E-state index in [0.717, 1.165) is 11.0 Å². The van der Waals surface area contributed by atoms with Crippen LogP contribution < -0.4 is 0 Å². The number of esters is 1. The summed E-state index contributed by atoms with van der Waals surface area (Å²) in [6, 6.07) is 0. The number of amides is 2. The number of hydrogen-bond acceptors (Lipinski definition) is 7. The molecule has 23 heavy (non-hydrogen) atoms. The van der Waals surface area contributed by atoms with Crippen LogP contribution in [0.5, 0.6) is 0 Å². The maximum Gasteiger partial charge on any atom is 0.330 e. The molecular formula is C15H21NO7. The Labute approximate surface area is 134 Å². The van der Waals surface area contributed by atoms with Gasteiger partial charge in [-0.05, 0) is 0 Å². The minimum atomic E-state index is -0.477. The van der Waals surface area contributed by atoms with Crippen LogP contribution in [-0.4, -0.2) is 75.5 Å². The molecule has 0 aromatic heterocycles. The first-order chi connectivity index (χ1) is 11.1. The summed E-state index contributed by atoms with van der Waals surface area (Å²) >= 11 is 0. The second-order valence-corrected chi connectivity index (χ2v) is 4.37. The third-order valence-electron chi connectivity index (χ3n) is 2.74. The van der Waals surface area contributed by atoms with Gasteiger partial charge in [-0.3, -0.25) is 14.5 Å². The average molecular weight is 327 g/mol. The first-order valence-corrected chi connectivity index (χ1v) is 7.21. The molecule has 0 atom stereocenters. The summed E-state index contributed by atoms with van der Waals surface area (Å²) in [6.45, 7) is 5.78. The highest BCUT2D eigenvalue weighted by Gasteiger charge is 2.22. The fourth-order valence-electron chi connectivity index (χ4n) is 1.61. The summed E-state index contributed by atoms with van der Waals surface area (Å²) in [5.74, 6) is -1.10. The number of carbonyl (C=O) groups excluding carboxylic acids is 3. The minimum Gasteiger partial charge on any atom is -0.460 e. The molecule has 0 unspecified atom stereocenters. The highest BCUT2D eigenvalue weighted by molar-refractivity contribution is 6.12. The van der Waals surface area contributed by atoms with Gasteiger partial charge in [0.15, 0.2) is 0 Å². The van der Waals surface area contributed by atoms with Gasteiger partial charge in [-0.15, -0.1) is 0 Å². The van der Waals surface area contributed by atoms with Crippen LogP contribution in [0.15, 0.2) is 24.8 Å². The Bertz CT molecular complexity index is 429. The fourth-order valence-corrected chi connectivity index (χ4v) is 1.61. The Morgan fingerprint density at radius 1 is 0.913 bits per heavy atom. The summed E-state index contributed by atoms with van der Waals surface area (Å²) in [6.07, 6.45) is 3.57. The number of hydrogen-bond donors (Lipinski definition) is 0. The van der Waals surface area contributed by atoms with E-state index in [4.69, 9.17) is 18.9 Å². The number of imide groups is 1. The molecule has 0 aliphatic carbocycles. The zero-order valence-electron chi connectivity index (χ0n) is 12.9. The zero-order valence-corrected chi connectivity index (χ0v) is 12.9. The van der Waals surface area contributed by atoms with Crippen LogP contribution in [0.25, 0.3) is 0 Å². The van der Waals surface area contributed by atoms with Gasteiger partial charge in [-0.2, -0.15) is 0 Å². The topological polar surface area (TPSA) is 91.4 Å². The van der Waals surface area contributed by atoms with E-state index in [1.807, 2.05) is 0 Å². The molecule has 0 bridgehead atoms. The van der Waals surface area contributed by atoms with Gasteiger partial charge < -0.3 is 18.9 Å². The van der Waals surface area contributed by atoms with Crippen molar-refractivity contribution in [2.45, 2.75) is 0 Å². The van der Waals surface area contributed by atoms with E-state index in [-0.39, 0.29) is 31.6 Å². The van der Waals surface area contributed by atoms with Crippen LogP contribution in [0.2, 0.25) is 0 Å². The van der Waals surface area contributed by atoms with Crippen LogP contribution in [0.3, 0.4) is 0 Å². The van der Waals surface area contributed by atoms with E-state index in [1.54, 1.807) is 0 Å². The van der Waals surface area contributed by atoms with Gasteiger partial charge >= 0.3 is 5.97 Å². The van der Waals surface area contributed by atoms with E-state index >= 15 is 0 Å². The first kappa shape index (κ1) is 19.0. The third-order valence-corrected chi connectivity index (χ3v) is 2.74. The zero-order chi connectivity index (χ0) is 16.9. The van der Waals surface area contributed by atoms with Crippen LogP contribution in [0.4, 0.5) is 0 Å². The molecule has 1 rings (SSSR count). The van der Waals surface area contributed by atoms with Crippen molar-refractivity contribution < 1.29 is 33.3 Å². The van der Waals surface area contributed by atoms with E-state index in [9.17, 15) is 14.4 Å². The predicted molar refractivity (Wildman–Crippen MR) is 79.5 cm³/mol. The maximum atomic E-state index is 11.2. The lowest BCUT2D eigenvalue weighted by atomic mass is 10.5. The number of nitrogens with zero attached hydrogens (tertiary/aromatic N) is 1. The molecular weight excluding hydrogens is 306 g/mol. The van der Waals surface area contributed by atoms with Crippen molar-refractivity contribution in [1.29, 1.82) is 0 Å². The summed E-state index contributed by atoms with van der Waals surface area (Å²) in [4.78, 5) is 34.3. The van der Waals surface area contributed by atoms with E-state index in [0.29, 0.717) is 33.0 Å². The molecule has 0 saturated carbocycles. The summed E-state index contributed by atoms with van der Waals surface area (Å²) in [7, 11) is 0. The third kappa shape index (κ3) is 8.24. The number of rotatable bonds is 13. The molecule has 0 fully saturated rings. The average Bonchev–Trinajstić information content (AvgIpc) is 2.87. The molecule has 0 saturated heterocycles. The van der Waals surface area contributed by atoms with Gasteiger partial charge in [0, 0.05) is 18.2 Å². The summed E-state index contributed by atoms with van der Waals surface area (Å²) in [5.41, 5.74) is 0. The lowest BCUT2D eigenvalue weighted by Crippen LogP contribution is -2.33. The molecule has 0 aromatic carbocycles. The molecule has 0 N–H and O–H groups in total. The van der Waals surface area contributed by atoms with Gasteiger partial charge in [-0.25, -0.2) is 4.79 Å². The van der Waals surface area contributed by atoms with Crippen LogP contribution in [-0.2, 0) is 33.3 Å². The highest BCUT2D eigenvalue weighted by atomic mass is 16.6.